The monoisotopic (exact) mass is 363 g/mol. The molecule has 3 rings (SSSR count). The molecule has 2 aromatic carbocycles. The molecule has 0 bridgehead atoms. The Kier molecular flexibility index (Phi) is 5.21. The molecule has 0 amide bonds. The van der Waals surface area contributed by atoms with E-state index in [1.165, 1.54) is 0 Å². The third-order valence-electron chi connectivity index (χ3n) is 4.21. The van der Waals surface area contributed by atoms with Gasteiger partial charge in [0.15, 0.2) is 5.70 Å². The van der Waals surface area contributed by atoms with Crippen LogP contribution in [0.15, 0.2) is 47.1 Å². The lowest BCUT2D eigenvalue weighted by Crippen LogP contribution is -2.08. The number of rotatable bonds is 4. The van der Waals surface area contributed by atoms with E-state index in [9.17, 15) is 9.59 Å². The van der Waals surface area contributed by atoms with Gasteiger partial charge in [-0.25, -0.2) is 9.79 Å². The van der Waals surface area contributed by atoms with Gasteiger partial charge in [-0.05, 0) is 67.8 Å². The number of aliphatic imine (C=N–C) groups is 1. The maximum Gasteiger partial charge on any atom is 0.363 e. The van der Waals surface area contributed by atoms with Crippen LogP contribution in [0.3, 0.4) is 0 Å². The molecule has 27 heavy (non-hydrogen) atoms. The van der Waals surface area contributed by atoms with Crippen molar-refractivity contribution >= 4 is 23.9 Å². The molecule has 0 spiro atoms. The van der Waals surface area contributed by atoms with Gasteiger partial charge >= 0.3 is 11.9 Å². The molecule has 1 aliphatic rings. The third-order valence-corrected chi connectivity index (χ3v) is 4.21. The van der Waals surface area contributed by atoms with E-state index in [0.29, 0.717) is 18.1 Å². The highest BCUT2D eigenvalue weighted by atomic mass is 16.6. The number of aryl methyl sites for hydroxylation is 3. The largest absolute Gasteiger partial charge is 0.426 e. The normalized spacial score (nSPS) is 14.9. The van der Waals surface area contributed by atoms with Crippen molar-refractivity contribution in [1.82, 2.24) is 0 Å². The van der Waals surface area contributed by atoms with Crippen molar-refractivity contribution in [2.24, 2.45) is 4.99 Å². The summed E-state index contributed by atoms with van der Waals surface area (Å²) in [4.78, 5) is 28.1. The number of benzene rings is 2. The lowest BCUT2D eigenvalue weighted by atomic mass is 10.0. The quantitative estimate of drug-likeness (QED) is 0.462. The van der Waals surface area contributed by atoms with Crippen LogP contribution in [-0.2, 0) is 14.3 Å². The summed E-state index contributed by atoms with van der Waals surface area (Å²) >= 11 is 0. The molecule has 5 nitrogen and oxygen atoms in total. The Labute approximate surface area is 158 Å². The number of nitrogens with zero attached hydrogens (tertiary/aromatic N) is 1. The van der Waals surface area contributed by atoms with Crippen molar-refractivity contribution in [3.05, 3.63) is 69.9 Å². The fraction of sp³-hybridized carbons (Fsp3) is 0.227. The van der Waals surface area contributed by atoms with E-state index in [2.05, 4.69) is 4.99 Å². The Morgan fingerprint density at radius 3 is 2.33 bits per heavy atom. The van der Waals surface area contributed by atoms with E-state index in [1.54, 1.807) is 13.0 Å². The fourth-order valence-corrected chi connectivity index (χ4v) is 2.80. The Morgan fingerprint density at radius 2 is 1.74 bits per heavy atom. The van der Waals surface area contributed by atoms with Crippen LogP contribution in [0.5, 0.6) is 5.75 Å². The topological polar surface area (TPSA) is 65.0 Å². The van der Waals surface area contributed by atoms with Crippen molar-refractivity contribution in [1.29, 1.82) is 0 Å². The van der Waals surface area contributed by atoms with E-state index in [4.69, 9.17) is 9.47 Å². The van der Waals surface area contributed by atoms with Crippen LogP contribution in [0, 0.1) is 20.8 Å². The average Bonchev–Trinajstić information content (AvgIpc) is 2.99. The fourth-order valence-electron chi connectivity index (χ4n) is 2.80. The summed E-state index contributed by atoms with van der Waals surface area (Å²) in [5.74, 6) is 0.0939. The van der Waals surface area contributed by atoms with Crippen molar-refractivity contribution in [3.63, 3.8) is 0 Å². The molecule has 5 heteroatoms. The molecule has 138 valence electrons. The first-order valence-electron chi connectivity index (χ1n) is 8.79. The molecule has 0 fully saturated rings. The molecule has 0 saturated heterocycles. The van der Waals surface area contributed by atoms with E-state index >= 15 is 0 Å². The smallest absolute Gasteiger partial charge is 0.363 e. The lowest BCUT2D eigenvalue weighted by molar-refractivity contribution is -0.134. The minimum atomic E-state index is -0.484. The van der Waals surface area contributed by atoms with Gasteiger partial charge in [0, 0.05) is 12.0 Å². The van der Waals surface area contributed by atoms with Gasteiger partial charge in [0.05, 0.1) is 0 Å². The molecule has 2 aromatic rings. The predicted molar refractivity (Wildman–Crippen MR) is 104 cm³/mol. The molecule has 1 heterocycles. The summed E-state index contributed by atoms with van der Waals surface area (Å²) in [5.41, 5.74) is 4.54. The molecular weight excluding hydrogens is 342 g/mol. The second-order valence-corrected chi connectivity index (χ2v) is 6.51. The maximum atomic E-state index is 12.2. The lowest BCUT2D eigenvalue weighted by Gasteiger charge is -2.11. The standard InChI is InChI=1S/C22H21NO4/c1-5-19(24)26-20-14(3)10-16(11-15(20)4)12-18-22(25)27-21(23-18)17-8-6-13(2)7-9-17/h6-12H,5H2,1-4H3/b18-12+. The summed E-state index contributed by atoms with van der Waals surface area (Å²) in [5, 5.41) is 0. The highest BCUT2D eigenvalue weighted by Gasteiger charge is 2.24. The van der Waals surface area contributed by atoms with E-state index in [1.807, 2.05) is 57.2 Å². The van der Waals surface area contributed by atoms with Crippen molar-refractivity contribution in [3.8, 4) is 5.75 Å². The molecule has 0 aromatic heterocycles. The van der Waals surface area contributed by atoms with E-state index < -0.39 is 5.97 Å². The Morgan fingerprint density at radius 1 is 1.11 bits per heavy atom. The van der Waals surface area contributed by atoms with Crippen molar-refractivity contribution in [2.45, 2.75) is 34.1 Å². The molecule has 0 radical (unpaired) electrons. The van der Waals surface area contributed by atoms with Gasteiger partial charge in [-0.2, -0.15) is 0 Å². The number of ether oxygens (including phenoxy) is 2. The molecule has 0 N–H and O–H groups in total. The van der Waals surface area contributed by atoms with Crippen LogP contribution in [-0.4, -0.2) is 17.8 Å². The Balaban J connectivity index is 1.90. The SMILES string of the molecule is CCC(=O)Oc1c(C)cc(/C=C2/N=C(c3ccc(C)cc3)OC2=O)cc1C. The summed E-state index contributed by atoms with van der Waals surface area (Å²) in [6, 6.07) is 11.3. The van der Waals surface area contributed by atoms with Gasteiger partial charge < -0.3 is 9.47 Å². The molecule has 0 aliphatic carbocycles. The molecule has 0 unspecified atom stereocenters. The summed E-state index contributed by atoms with van der Waals surface area (Å²) in [6.45, 7) is 7.47. The second kappa shape index (κ2) is 7.58. The van der Waals surface area contributed by atoms with E-state index in [0.717, 1.165) is 27.8 Å². The molecule has 0 saturated carbocycles. The first-order valence-corrected chi connectivity index (χ1v) is 8.79. The van der Waals surface area contributed by atoms with Gasteiger partial charge in [-0.3, -0.25) is 4.79 Å². The number of hydrogen-bond acceptors (Lipinski definition) is 5. The first kappa shape index (κ1) is 18.6. The molecule has 1 aliphatic heterocycles. The van der Waals surface area contributed by atoms with Gasteiger partial charge in [0.25, 0.3) is 0 Å². The minimum Gasteiger partial charge on any atom is -0.426 e. The van der Waals surface area contributed by atoms with Crippen LogP contribution in [0.25, 0.3) is 6.08 Å². The van der Waals surface area contributed by atoms with Gasteiger partial charge in [-0.15, -0.1) is 0 Å². The highest BCUT2D eigenvalue weighted by Crippen LogP contribution is 2.27. The van der Waals surface area contributed by atoms with Gasteiger partial charge in [0.1, 0.15) is 5.75 Å². The van der Waals surface area contributed by atoms with Crippen LogP contribution in [0.1, 0.15) is 41.2 Å². The van der Waals surface area contributed by atoms with E-state index in [-0.39, 0.29) is 11.7 Å². The maximum absolute atomic E-state index is 12.2. The predicted octanol–water partition coefficient (Wildman–Crippen LogP) is 4.27. The number of carbonyl (C=O) groups is 2. The van der Waals surface area contributed by atoms with Crippen LogP contribution in [0.4, 0.5) is 0 Å². The zero-order valence-corrected chi connectivity index (χ0v) is 15.8. The van der Waals surface area contributed by atoms with Crippen LogP contribution < -0.4 is 4.74 Å². The molecular formula is C22H21NO4. The summed E-state index contributed by atoms with van der Waals surface area (Å²) < 4.78 is 10.7. The number of cyclic esters (lactones) is 1. The zero-order valence-electron chi connectivity index (χ0n) is 15.8. The Bertz CT molecular complexity index is 945. The summed E-state index contributed by atoms with van der Waals surface area (Å²) in [7, 11) is 0. The van der Waals surface area contributed by atoms with Crippen LogP contribution in [0.2, 0.25) is 0 Å². The Hall–Kier alpha value is -3.21. The van der Waals surface area contributed by atoms with Crippen LogP contribution >= 0.6 is 0 Å². The zero-order chi connectivity index (χ0) is 19.6. The first-order chi connectivity index (χ1) is 12.9. The van der Waals surface area contributed by atoms with Crippen molar-refractivity contribution < 1.29 is 19.1 Å². The number of esters is 2. The summed E-state index contributed by atoms with van der Waals surface area (Å²) in [6.07, 6.45) is 1.99. The average molecular weight is 363 g/mol. The van der Waals surface area contributed by atoms with Gasteiger partial charge in [0.2, 0.25) is 5.90 Å². The molecule has 0 atom stereocenters. The highest BCUT2D eigenvalue weighted by molar-refractivity contribution is 6.12. The third kappa shape index (κ3) is 4.14. The minimum absolute atomic E-state index is 0.239. The number of hydrogen-bond donors (Lipinski definition) is 0. The van der Waals surface area contributed by atoms with Crippen molar-refractivity contribution in [2.75, 3.05) is 0 Å². The van der Waals surface area contributed by atoms with Gasteiger partial charge in [-0.1, -0.05) is 24.6 Å². The second-order valence-electron chi connectivity index (χ2n) is 6.51. The number of carbonyl (C=O) groups excluding carboxylic acids is 2.